The highest BCUT2D eigenvalue weighted by atomic mass is 32.1. The van der Waals surface area contributed by atoms with Crippen molar-refractivity contribution < 1.29 is 14.3 Å². The van der Waals surface area contributed by atoms with Gasteiger partial charge in [-0.15, -0.1) is 11.3 Å². The van der Waals surface area contributed by atoms with Gasteiger partial charge in [0.05, 0.1) is 25.1 Å². The van der Waals surface area contributed by atoms with Crippen LogP contribution in [0.1, 0.15) is 21.9 Å². The summed E-state index contributed by atoms with van der Waals surface area (Å²) in [5.41, 5.74) is 3.34. The molecule has 5 nitrogen and oxygen atoms in total. The first-order valence-corrected chi connectivity index (χ1v) is 11.0. The zero-order chi connectivity index (χ0) is 22.3. The number of nitrogens with one attached hydrogen (secondary N) is 1. The van der Waals surface area contributed by atoms with E-state index in [2.05, 4.69) is 10.3 Å². The van der Waals surface area contributed by atoms with Gasteiger partial charge in [0, 0.05) is 10.4 Å². The van der Waals surface area contributed by atoms with Crippen LogP contribution >= 0.6 is 11.3 Å². The summed E-state index contributed by atoms with van der Waals surface area (Å²) >= 11 is 1.29. The van der Waals surface area contributed by atoms with Crippen molar-refractivity contribution >= 4 is 28.3 Å². The molecule has 160 valence electrons. The van der Waals surface area contributed by atoms with Crippen molar-refractivity contribution in [3.63, 3.8) is 0 Å². The van der Waals surface area contributed by atoms with E-state index in [1.807, 2.05) is 91.0 Å². The fourth-order valence-electron chi connectivity index (χ4n) is 3.51. The standard InChI is InChI=1S/C26H22N2O3S/c1-31-22(29)17-21-24(20-15-9-4-10-16-20)27-26(32-21)28-25(30)23(18-11-5-2-6-12-18)19-13-7-3-8-14-19/h2-16,23H,17H2,1H3,(H,27,28,30). The highest BCUT2D eigenvalue weighted by molar-refractivity contribution is 7.16. The first kappa shape index (κ1) is 21.5. The molecule has 0 atom stereocenters. The Hall–Kier alpha value is -3.77. The van der Waals surface area contributed by atoms with E-state index in [9.17, 15) is 9.59 Å². The van der Waals surface area contributed by atoms with Gasteiger partial charge in [-0.25, -0.2) is 4.98 Å². The molecule has 4 aromatic rings. The third-order valence-corrected chi connectivity index (χ3v) is 6.01. The minimum absolute atomic E-state index is 0.0923. The molecule has 32 heavy (non-hydrogen) atoms. The Morgan fingerprint density at radius 2 is 1.41 bits per heavy atom. The summed E-state index contributed by atoms with van der Waals surface area (Å²) in [4.78, 5) is 30.8. The number of aromatic nitrogens is 1. The highest BCUT2D eigenvalue weighted by Gasteiger charge is 2.25. The van der Waals surface area contributed by atoms with Crippen LogP contribution in [0.3, 0.4) is 0 Å². The number of carbonyl (C=O) groups excluding carboxylic acids is 2. The molecular weight excluding hydrogens is 420 g/mol. The summed E-state index contributed by atoms with van der Waals surface area (Å²) in [6.45, 7) is 0. The van der Waals surface area contributed by atoms with E-state index in [0.717, 1.165) is 21.6 Å². The predicted octanol–water partition coefficient (Wildman–Crippen LogP) is 5.30. The topological polar surface area (TPSA) is 68.3 Å². The van der Waals surface area contributed by atoms with Gasteiger partial charge in [0.25, 0.3) is 0 Å². The number of hydrogen-bond acceptors (Lipinski definition) is 5. The molecule has 0 saturated heterocycles. The highest BCUT2D eigenvalue weighted by Crippen LogP contribution is 2.33. The van der Waals surface area contributed by atoms with Crippen molar-refractivity contribution in [1.29, 1.82) is 0 Å². The Morgan fingerprint density at radius 1 is 0.875 bits per heavy atom. The summed E-state index contributed by atoms with van der Waals surface area (Å²) in [7, 11) is 1.36. The molecule has 0 fully saturated rings. The second-order valence-corrected chi connectivity index (χ2v) is 8.24. The minimum atomic E-state index is -0.481. The summed E-state index contributed by atoms with van der Waals surface area (Å²) < 4.78 is 4.84. The van der Waals surface area contributed by atoms with Gasteiger partial charge in [0.15, 0.2) is 5.13 Å². The van der Waals surface area contributed by atoms with E-state index in [1.54, 1.807) is 0 Å². The number of carbonyl (C=O) groups is 2. The first-order chi connectivity index (χ1) is 15.7. The monoisotopic (exact) mass is 442 g/mol. The molecule has 0 aliphatic carbocycles. The van der Waals surface area contributed by atoms with Crippen molar-refractivity contribution in [1.82, 2.24) is 4.98 Å². The number of anilines is 1. The second-order valence-electron chi connectivity index (χ2n) is 7.15. The summed E-state index contributed by atoms with van der Waals surface area (Å²) in [5.74, 6) is -1.01. The van der Waals surface area contributed by atoms with E-state index in [1.165, 1.54) is 18.4 Å². The average molecular weight is 443 g/mol. The van der Waals surface area contributed by atoms with Gasteiger partial charge in [-0.3, -0.25) is 9.59 Å². The number of benzene rings is 3. The fourth-order valence-corrected chi connectivity index (χ4v) is 4.49. The van der Waals surface area contributed by atoms with Crippen molar-refractivity contribution in [3.8, 4) is 11.3 Å². The van der Waals surface area contributed by atoms with Crippen LogP contribution in [-0.4, -0.2) is 24.0 Å². The fraction of sp³-hybridized carbons (Fsp3) is 0.115. The molecule has 0 bridgehead atoms. The molecule has 0 unspecified atom stereocenters. The maximum atomic E-state index is 13.4. The maximum Gasteiger partial charge on any atom is 0.310 e. The lowest BCUT2D eigenvalue weighted by molar-refractivity contribution is -0.139. The summed E-state index contributed by atoms with van der Waals surface area (Å²) in [6, 6.07) is 28.9. The zero-order valence-electron chi connectivity index (χ0n) is 17.5. The smallest absolute Gasteiger partial charge is 0.310 e. The minimum Gasteiger partial charge on any atom is -0.469 e. The lowest BCUT2D eigenvalue weighted by Crippen LogP contribution is -2.22. The van der Waals surface area contributed by atoms with Gasteiger partial charge >= 0.3 is 5.97 Å². The van der Waals surface area contributed by atoms with Crippen molar-refractivity contribution in [2.24, 2.45) is 0 Å². The van der Waals surface area contributed by atoms with Gasteiger partial charge in [0.2, 0.25) is 5.91 Å². The lowest BCUT2D eigenvalue weighted by atomic mass is 9.90. The number of thiazole rings is 1. The maximum absolute atomic E-state index is 13.4. The van der Waals surface area contributed by atoms with Crippen LogP contribution in [0.5, 0.6) is 0 Å². The summed E-state index contributed by atoms with van der Waals surface area (Å²) in [5, 5.41) is 3.43. The largest absolute Gasteiger partial charge is 0.469 e. The van der Waals surface area contributed by atoms with Crippen LogP contribution in [0.4, 0.5) is 5.13 Å². The molecule has 6 heteroatoms. The Bertz CT molecular complexity index is 1150. The molecule has 0 aliphatic rings. The summed E-state index contributed by atoms with van der Waals surface area (Å²) in [6.07, 6.45) is 0.0923. The Kier molecular flexibility index (Phi) is 6.72. The zero-order valence-corrected chi connectivity index (χ0v) is 18.3. The van der Waals surface area contributed by atoms with Crippen LogP contribution in [0.15, 0.2) is 91.0 Å². The number of methoxy groups -OCH3 is 1. The SMILES string of the molecule is COC(=O)Cc1sc(NC(=O)C(c2ccccc2)c2ccccc2)nc1-c1ccccc1. The molecule has 4 rings (SSSR count). The molecule has 1 N–H and O–H groups in total. The van der Waals surface area contributed by atoms with Gasteiger partial charge in [0.1, 0.15) is 0 Å². The third kappa shape index (κ3) is 4.92. The molecule has 0 spiro atoms. The van der Waals surface area contributed by atoms with Crippen molar-refractivity contribution in [2.75, 3.05) is 12.4 Å². The predicted molar refractivity (Wildman–Crippen MR) is 127 cm³/mol. The molecule has 1 aromatic heterocycles. The van der Waals surface area contributed by atoms with E-state index in [4.69, 9.17) is 4.74 Å². The Labute approximate surface area is 190 Å². The van der Waals surface area contributed by atoms with Crippen LogP contribution in [0, 0.1) is 0 Å². The van der Waals surface area contributed by atoms with Gasteiger partial charge < -0.3 is 10.1 Å². The molecule has 0 saturated carbocycles. The van der Waals surface area contributed by atoms with Crippen LogP contribution in [0.2, 0.25) is 0 Å². The molecule has 3 aromatic carbocycles. The van der Waals surface area contributed by atoms with E-state index in [0.29, 0.717) is 10.8 Å². The van der Waals surface area contributed by atoms with Gasteiger partial charge in [-0.2, -0.15) is 0 Å². The van der Waals surface area contributed by atoms with Crippen molar-refractivity contribution in [2.45, 2.75) is 12.3 Å². The van der Waals surface area contributed by atoms with Crippen LogP contribution in [0.25, 0.3) is 11.3 Å². The average Bonchev–Trinajstić information content (AvgIpc) is 3.23. The number of nitrogens with zero attached hydrogens (tertiary/aromatic N) is 1. The lowest BCUT2D eigenvalue weighted by Gasteiger charge is -2.17. The normalized spacial score (nSPS) is 10.7. The molecular formula is C26H22N2O3S. The number of ether oxygens (including phenoxy) is 1. The number of hydrogen-bond donors (Lipinski definition) is 1. The number of amides is 1. The molecule has 1 amide bonds. The van der Waals surface area contributed by atoms with Crippen LogP contribution < -0.4 is 5.32 Å². The van der Waals surface area contributed by atoms with E-state index in [-0.39, 0.29) is 18.3 Å². The quantitative estimate of drug-likeness (QED) is 0.395. The number of rotatable bonds is 7. The molecule has 0 aliphatic heterocycles. The Balaban J connectivity index is 1.67. The van der Waals surface area contributed by atoms with Crippen LogP contribution in [-0.2, 0) is 20.7 Å². The molecule has 0 radical (unpaired) electrons. The third-order valence-electron chi connectivity index (χ3n) is 5.04. The Morgan fingerprint density at radius 3 is 1.94 bits per heavy atom. The molecule has 1 heterocycles. The van der Waals surface area contributed by atoms with Gasteiger partial charge in [-0.05, 0) is 11.1 Å². The van der Waals surface area contributed by atoms with E-state index < -0.39 is 5.92 Å². The van der Waals surface area contributed by atoms with E-state index >= 15 is 0 Å². The van der Waals surface area contributed by atoms with Crippen molar-refractivity contribution in [3.05, 3.63) is 107 Å². The first-order valence-electron chi connectivity index (χ1n) is 10.2. The van der Waals surface area contributed by atoms with Gasteiger partial charge in [-0.1, -0.05) is 91.0 Å². The second kappa shape index (κ2) is 10.0. The number of esters is 1.